The summed E-state index contributed by atoms with van der Waals surface area (Å²) < 4.78 is 7.72. The molecule has 1 unspecified atom stereocenters. The van der Waals surface area contributed by atoms with Crippen molar-refractivity contribution in [1.82, 2.24) is 20.0 Å². The van der Waals surface area contributed by atoms with Gasteiger partial charge in [0, 0.05) is 57.6 Å². The molecular weight excluding hydrogens is 495 g/mol. The molecule has 1 aromatic heterocycles. The number of nitrogens with one attached hydrogen (secondary N) is 1. The number of morpholine rings is 1. The topological polar surface area (TPSA) is 75.0 Å². The Balaban J connectivity index is 0.00000256. The predicted octanol–water partition coefficient (Wildman–Crippen LogP) is 2.31. The van der Waals surface area contributed by atoms with Crippen molar-refractivity contribution in [1.29, 1.82) is 0 Å². The maximum atomic E-state index is 11.9. The Bertz CT molecular complexity index is 882. The van der Waals surface area contributed by atoms with Gasteiger partial charge in [-0.1, -0.05) is 12.1 Å². The van der Waals surface area contributed by atoms with E-state index in [1.807, 2.05) is 36.5 Å². The highest BCUT2D eigenvalue weighted by molar-refractivity contribution is 14.0. The smallest absolute Gasteiger partial charge is 0.227 e. The van der Waals surface area contributed by atoms with Gasteiger partial charge in [0.15, 0.2) is 5.96 Å². The number of rotatable bonds is 4. The van der Waals surface area contributed by atoms with E-state index in [1.54, 1.807) is 11.7 Å². The number of aliphatic imine (C=N–C) groups is 1. The quantitative estimate of drug-likeness (QED) is 0.378. The summed E-state index contributed by atoms with van der Waals surface area (Å²) in [5, 5.41) is 7.70. The summed E-state index contributed by atoms with van der Waals surface area (Å²) in [6.45, 7) is 3.68. The minimum Gasteiger partial charge on any atom is -0.370 e. The van der Waals surface area contributed by atoms with Gasteiger partial charge in [-0.25, -0.2) is 0 Å². The van der Waals surface area contributed by atoms with Gasteiger partial charge in [0.2, 0.25) is 5.91 Å². The van der Waals surface area contributed by atoms with Crippen LogP contribution in [0.2, 0.25) is 0 Å². The van der Waals surface area contributed by atoms with E-state index in [4.69, 9.17) is 4.74 Å². The molecule has 1 atom stereocenters. The highest BCUT2D eigenvalue weighted by Crippen LogP contribution is 2.23. The highest BCUT2D eigenvalue weighted by atomic mass is 127. The van der Waals surface area contributed by atoms with Crippen molar-refractivity contribution in [3.8, 4) is 0 Å². The van der Waals surface area contributed by atoms with E-state index < -0.39 is 0 Å². The zero-order chi connectivity index (χ0) is 20.2. The number of carbonyl (C=O) groups excluding carboxylic acids is 1. The fourth-order valence-electron chi connectivity index (χ4n) is 3.88. The van der Waals surface area contributed by atoms with Crippen molar-refractivity contribution in [3.63, 3.8) is 0 Å². The minimum atomic E-state index is -0.00622. The number of halogens is 1. The molecule has 3 heterocycles. The molecule has 2 fully saturated rings. The first kappa shape index (κ1) is 22.5. The summed E-state index contributed by atoms with van der Waals surface area (Å²) in [7, 11) is 3.72. The van der Waals surface area contributed by atoms with Gasteiger partial charge in [0.1, 0.15) is 6.10 Å². The lowest BCUT2D eigenvalue weighted by molar-refractivity contribution is -0.117. The molecule has 1 aromatic carbocycles. The first-order valence-electron chi connectivity index (χ1n) is 10.1. The summed E-state index contributed by atoms with van der Waals surface area (Å²) in [5.41, 5.74) is 3.21. The second-order valence-electron chi connectivity index (χ2n) is 7.47. The molecule has 2 aliphatic heterocycles. The van der Waals surface area contributed by atoms with Crippen molar-refractivity contribution < 1.29 is 9.53 Å². The molecule has 0 aliphatic carbocycles. The van der Waals surface area contributed by atoms with Crippen LogP contribution in [0.4, 0.5) is 5.69 Å². The molecule has 4 rings (SSSR count). The van der Waals surface area contributed by atoms with E-state index in [0.717, 1.165) is 48.8 Å². The maximum absolute atomic E-state index is 11.9. The van der Waals surface area contributed by atoms with E-state index in [0.29, 0.717) is 19.6 Å². The number of aromatic nitrogens is 2. The number of guanidine groups is 1. The second-order valence-corrected chi connectivity index (χ2v) is 7.47. The Hall–Kier alpha value is -2.14. The molecule has 162 valence electrons. The number of hydrogen-bond acceptors (Lipinski definition) is 4. The fourth-order valence-corrected chi connectivity index (χ4v) is 3.88. The van der Waals surface area contributed by atoms with Crippen LogP contribution in [-0.2, 0) is 23.1 Å². The van der Waals surface area contributed by atoms with Crippen molar-refractivity contribution in [2.75, 3.05) is 38.2 Å². The van der Waals surface area contributed by atoms with Crippen LogP contribution in [0.5, 0.6) is 0 Å². The monoisotopic (exact) mass is 524 g/mol. The van der Waals surface area contributed by atoms with Crippen LogP contribution in [0.1, 0.15) is 30.1 Å². The van der Waals surface area contributed by atoms with Crippen LogP contribution in [0.25, 0.3) is 0 Å². The lowest BCUT2D eigenvalue weighted by atomic mass is 10.1. The number of hydrogen-bond donors (Lipinski definition) is 1. The number of anilines is 1. The molecule has 9 heteroatoms. The normalized spacial score (nSPS) is 19.7. The van der Waals surface area contributed by atoms with Gasteiger partial charge in [-0.05, 0) is 24.1 Å². The van der Waals surface area contributed by atoms with Crippen LogP contribution in [0.15, 0.2) is 41.7 Å². The molecule has 1 amide bonds. The predicted molar refractivity (Wildman–Crippen MR) is 127 cm³/mol. The molecule has 1 N–H and O–H groups in total. The first-order chi connectivity index (χ1) is 14.1. The number of ether oxygens (including phenoxy) is 1. The number of aryl methyl sites for hydroxylation is 1. The third-order valence-corrected chi connectivity index (χ3v) is 5.45. The van der Waals surface area contributed by atoms with Gasteiger partial charge < -0.3 is 19.9 Å². The summed E-state index contributed by atoms with van der Waals surface area (Å²) >= 11 is 0. The Labute approximate surface area is 194 Å². The first-order valence-corrected chi connectivity index (χ1v) is 10.1. The number of carbonyl (C=O) groups is 1. The van der Waals surface area contributed by atoms with Crippen molar-refractivity contribution >= 4 is 41.5 Å². The summed E-state index contributed by atoms with van der Waals surface area (Å²) in [6, 6.07) is 8.18. The Morgan fingerprint density at radius 1 is 1.30 bits per heavy atom. The minimum absolute atomic E-state index is 0. The van der Waals surface area contributed by atoms with E-state index >= 15 is 0 Å². The van der Waals surface area contributed by atoms with Crippen LogP contribution >= 0.6 is 24.0 Å². The standard InChI is InChI=1S/C21H28N6O2.HI/c1-22-21(26-10-11-29-19(15-26)17-13-24-25(2)14-17)23-12-16-5-7-18(8-6-16)27-9-3-4-20(27)28;/h5-8,13-14,19H,3-4,9-12,15H2,1-2H3,(H,22,23);1H. The molecule has 2 aromatic rings. The molecule has 0 spiro atoms. The zero-order valence-electron chi connectivity index (χ0n) is 17.5. The van der Waals surface area contributed by atoms with Crippen LogP contribution in [-0.4, -0.2) is 59.8 Å². The van der Waals surface area contributed by atoms with Crippen LogP contribution in [0, 0.1) is 0 Å². The summed E-state index contributed by atoms with van der Waals surface area (Å²) in [4.78, 5) is 20.4. The van der Waals surface area contributed by atoms with Crippen LogP contribution < -0.4 is 10.2 Å². The second kappa shape index (κ2) is 10.3. The zero-order valence-corrected chi connectivity index (χ0v) is 19.8. The number of nitrogens with zero attached hydrogens (tertiary/aromatic N) is 5. The average molecular weight is 524 g/mol. The molecule has 2 aliphatic rings. The average Bonchev–Trinajstić information content (AvgIpc) is 3.37. The van der Waals surface area contributed by atoms with Crippen LogP contribution in [0.3, 0.4) is 0 Å². The number of benzene rings is 1. The molecule has 0 saturated carbocycles. The Morgan fingerprint density at radius 2 is 2.10 bits per heavy atom. The highest BCUT2D eigenvalue weighted by Gasteiger charge is 2.25. The van der Waals surface area contributed by atoms with Gasteiger partial charge in [0.05, 0.1) is 19.3 Å². The van der Waals surface area contributed by atoms with Gasteiger partial charge in [-0.15, -0.1) is 24.0 Å². The number of amides is 1. The van der Waals surface area contributed by atoms with Gasteiger partial charge in [-0.2, -0.15) is 5.10 Å². The third kappa shape index (κ3) is 5.12. The third-order valence-electron chi connectivity index (χ3n) is 5.45. The van der Waals surface area contributed by atoms with Crippen molar-refractivity contribution in [2.45, 2.75) is 25.5 Å². The van der Waals surface area contributed by atoms with E-state index in [-0.39, 0.29) is 36.0 Å². The fraction of sp³-hybridized carbons (Fsp3) is 0.476. The SMILES string of the molecule is CN=C(NCc1ccc(N2CCCC2=O)cc1)N1CCOC(c2cnn(C)c2)C1.I. The summed E-state index contributed by atoms with van der Waals surface area (Å²) in [6.07, 6.45) is 5.44. The molecule has 30 heavy (non-hydrogen) atoms. The maximum Gasteiger partial charge on any atom is 0.227 e. The molecule has 0 bridgehead atoms. The lowest BCUT2D eigenvalue weighted by Gasteiger charge is -2.34. The van der Waals surface area contributed by atoms with Gasteiger partial charge in [-0.3, -0.25) is 14.5 Å². The summed E-state index contributed by atoms with van der Waals surface area (Å²) in [5.74, 6) is 1.08. The van der Waals surface area contributed by atoms with Crippen molar-refractivity contribution in [3.05, 3.63) is 47.8 Å². The molecule has 8 nitrogen and oxygen atoms in total. The van der Waals surface area contributed by atoms with E-state index in [9.17, 15) is 4.79 Å². The Kier molecular flexibility index (Phi) is 7.70. The molecule has 0 radical (unpaired) electrons. The van der Waals surface area contributed by atoms with Gasteiger partial charge in [0.25, 0.3) is 0 Å². The molecular formula is C21H29IN6O2. The van der Waals surface area contributed by atoms with E-state index in [2.05, 4.69) is 32.4 Å². The lowest BCUT2D eigenvalue weighted by Crippen LogP contribution is -2.47. The largest absolute Gasteiger partial charge is 0.370 e. The molecule has 2 saturated heterocycles. The Morgan fingerprint density at radius 3 is 2.73 bits per heavy atom. The van der Waals surface area contributed by atoms with E-state index in [1.165, 1.54) is 0 Å². The van der Waals surface area contributed by atoms with Gasteiger partial charge >= 0.3 is 0 Å². The van der Waals surface area contributed by atoms with Crippen molar-refractivity contribution in [2.24, 2.45) is 12.0 Å².